The van der Waals surface area contributed by atoms with Crippen molar-refractivity contribution in [3.05, 3.63) is 28.8 Å². The van der Waals surface area contributed by atoms with Gasteiger partial charge in [0.05, 0.1) is 10.7 Å². The fourth-order valence-corrected chi connectivity index (χ4v) is 5.53. The predicted octanol–water partition coefficient (Wildman–Crippen LogP) is 1.88. The molecule has 3 aliphatic rings. The van der Waals surface area contributed by atoms with E-state index in [2.05, 4.69) is 19.2 Å². The van der Waals surface area contributed by atoms with Gasteiger partial charge in [0.2, 0.25) is 17.4 Å². The van der Waals surface area contributed by atoms with Crippen LogP contribution in [-0.4, -0.2) is 35.2 Å². The zero-order chi connectivity index (χ0) is 20.2. The number of nitrogens with one attached hydrogen (secondary N) is 1. The average Bonchev–Trinajstić information content (AvgIpc) is 3.20. The zero-order valence-electron chi connectivity index (χ0n) is 16.5. The SMILES string of the molecule is CCCCN1C(=O)[C@@H]2[C@H](CC(C)C)[NH2+][C@]3(C(=O)Nc4c(Cl)cccc43)[C@@H]2C1=O. The van der Waals surface area contributed by atoms with E-state index in [1.807, 2.05) is 18.3 Å². The summed E-state index contributed by atoms with van der Waals surface area (Å²) in [6.45, 7) is 6.66. The molecule has 1 spiro atoms. The normalized spacial score (nSPS) is 31.1. The van der Waals surface area contributed by atoms with E-state index in [-0.39, 0.29) is 23.8 Å². The highest BCUT2D eigenvalue weighted by Gasteiger charge is 2.74. The maximum absolute atomic E-state index is 13.4. The number of hydrogen-bond acceptors (Lipinski definition) is 3. The molecule has 28 heavy (non-hydrogen) atoms. The number of hydrogen-bond donors (Lipinski definition) is 2. The number of quaternary nitrogens is 1. The third-order valence-corrected chi connectivity index (χ3v) is 6.74. The molecule has 0 aliphatic carbocycles. The van der Waals surface area contributed by atoms with Gasteiger partial charge in [-0.1, -0.05) is 44.9 Å². The van der Waals surface area contributed by atoms with E-state index in [0.717, 1.165) is 24.8 Å². The average molecular weight is 405 g/mol. The first-order valence-electron chi connectivity index (χ1n) is 10.1. The van der Waals surface area contributed by atoms with Gasteiger partial charge in [-0.25, -0.2) is 0 Å². The summed E-state index contributed by atoms with van der Waals surface area (Å²) < 4.78 is 0. The molecule has 1 aromatic rings. The lowest BCUT2D eigenvalue weighted by atomic mass is 9.76. The van der Waals surface area contributed by atoms with Crippen molar-refractivity contribution in [2.75, 3.05) is 11.9 Å². The number of likely N-dealkylation sites (tertiary alicyclic amines) is 1. The lowest BCUT2D eigenvalue weighted by molar-refractivity contribution is -0.734. The first-order valence-corrected chi connectivity index (χ1v) is 10.5. The summed E-state index contributed by atoms with van der Waals surface area (Å²) in [5.41, 5.74) is 0.185. The first-order chi connectivity index (χ1) is 13.3. The highest BCUT2D eigenvalue weighted by atomic mass is 35.5. The van der Waals surface area contributed by atoms with E-state index in [0.29, 0.717) is 23.2 Å². The van der Waals surface area contributed by atoms with Crippen LogP contribution in [0.3, 0.4) is 0 Å². The Hall–Kier alpha value is -1.92. The molecule has 3 N–H and O–H groups in total. The lowest BCUT2D eigenvalue weighted by Crippen LogP contribution is -2.99. The van der Waals surface area contributed by atoms with Gasteiger partial charge in [0.25, 0.3) is 5.91 Å². The Morgan fingerprint density at radius 1 is 1.25 bits per heavy atom. The topological polar surface area (TPSA) is 83.1 Å². The van der Waals surface area contributed by atoms with Crippen LogP contribution in [0.4, 0.5) is 5.69 Å². The number of carbonyl (C=O) groups excluding carboxylic acids is 3. The Bertz CT molecular complexity index is 855. The summed E-state index contributed by atoms with van der Waals surface area (Å²) in [5, 5.41) is 5.33. The standard InChI is InChI=1S/C21H26ClN3O3/c1-4-5-9-25-18(26)15-14(10-11(2)3)24-21(16(15)19(25)27)12-7-6-8-13(22)17(12)23-20(21)28/h6-8,11,14-16,24H,4-5,9-10H2,1-3H3,(H,23,28)/p+1/t14-,15+,16-,21-/m0/s1. The fraction of sp³-hybridized carbons (Fsp3) is 0.571. The van der Waals surface area contributed by atoms with Gasteiger partial charge in [0, 0.05) is 18.5 Å². The number of imide groups is 1. The second kappa shape index (κ2) is 6.85. The van der Waals surface area contributed by atoms with Crippen LogP contribution in [0.15, 0.2) is 18.2 Å². The molecule has 4 atom stereocenters. The molecular weight excluding hydrogens is 378 g/mol. The van der Waals surface area contributed by atoms with E-state index in [1.54, 1.807) is 12.1 Å². The van der Waals surface area contributed by atoms with Gasteiger partial charge in [0.15, 0.2) is 0 Å². The molecule has 0 unspecified atom stereocenters. The molecule has 1 aromatic carbocycles. The molecule has 2 fully saturated rings. The minimum absolute atomic E-state index is 0.108. The van der Waals surface area contributed by atoms with Crippen molar-refractivity contribution in [1.29, 1.82) is 0 Å². The lowest BCUT2D eigenvalue weighted by Gasteiger charge is -2.26. The quantitative estimate of drug-likeness (QED) is 0.735. The van der Waals surface area contributed by atoms with Crippen molar-refractivity contribution in [2.24, 2.45) is 17.8 Å². The smallest absolute Gasteiger partial charge is 0.291 e. The van der Waals surface area contributed by atoms with Crippen LogP contribution in [-0.2, 0) is 19.9 Å². The van der Waals surface area contributed by atoms with Crippen LogP contribution in [0.25, 0.3) is 0 Å². The van der Waals surface area contributed by atoms with E-state index in [9.17, 15) is 14.4 Å². The van der Waals surface area contributed by atoms with Crippen molar-refractivity contribution >= 4 is 35.0 Å². The van der Waals surface area contributed by atoms with Crippen LogP contribution in [0.2, 0.25) is 5.02 Å². The Kier molecular flexibility index (Phi) is 4.74. The number of nitrogens with zero attached hydrogens (tertiary/aromatic N) is 1. The van der Waals surface area contributed by atoms with Gasteiger partial charge in [-0.05, 0) is 24.5 Å². The number of halogens is 1. The third-order valence-electron chi connectivity index (χ3n) is 6.42. The Morgan fingerprint density at radius 3 is 2.68 bits per heavy atom. The number of unbranched alkanes of at least 4 members (excludes halogenated alkanes) is 1. The van der Waals surface area contributed by atoms with Gasteiger partial charge in [-0.2, -0.15) is 0 Å². The van der Waals surface area contributed by atoms with Crippen LogP contribution < -0.4 is 10.6 Å². The number of anilines is 1. The molecule has 3 heterocycles. The van der Waals surface area contributed by atoms with E-state index in [4.69, 9.17) is 11.6 Å². The first kappa shape index (κ1) is 19.4. The van der Waals surface area contributed by atoms with Crippen molar-refractivity contribution in [2.45, 2.75) is 51.6 Å². The Balaban J connectivity index is 1.84. The summed E-state index contributed by atoms with van der Waals surface area (Å²) in [5.74, 6) is -1.37. The molecule has 3 amide bonds. The van der Waals surface area contributed by atoms with Crippen molar-refractivity contribution in [1.82, 2.24) is 4.90 Å². The summed E-state index contributed by atoms with van der Waals surface area (Å²) in [6.07, 6.45) is 2.45. The van der Waals surface area contributed by atoms with E-state index >= 15 is 0 Å². The number of nitrogens with two attached hydrogens (primary N) is 1. The molecule has 0 bridgehead atoms. The van der Waals surface area contributed by atoms with Crippen LogP contribution in [0.5, 0.6) is 0 Å². The molecule has 2 saturated heterocycles. The van der Waals surface area contributed by atoms with Crippen LogP contribution in [0.1, 0.15) is 45.6 Å². The zero-order valence-corrected chi connectivity index (χ0v) is 17.3. The third kappa shape index (κ3) is 2.54. The Morgan fingerprint density at radius 2 is 2.00 bits per heavy atom. The summed E-state index contributed by atoms with van der Waals surface area (Å²) in [6, 6.07) is 5.28. The maximum Gasteiger partial charge on any atom is 0.291 e. The van der Waals surface area contributed by atoms with Gasteiger partial charge in [-0.15, -0.1) is 0 Å². The number of fused-ring (bicyclic) bond motifs is 4. The molecule has 3 aliphatic heterocycles. The molecule has 6 nitrogen and oxygen atoms in total. The molecule has 0 radical (unpaired) electrons. The van der Waals surface area contributed by atoms with Crippen LogP contribution in [0, 0.1) is 17.8 Å². The van der Waals surface area contributed by atoms with Gasteiger partial charge in [-0.3, -0.25) is 19.3 Å². The number of carbonyl (C=O) groups is 3. The van der Waals surface area contributed by atoms with Crippen molar-refractivity contribution in [3.63, 3.8) is 0 Å². The number of rotatable bonds is 5. The largest absolute Gasteiger partial charge is 0.326 e. The van der Waals surface area contributed by atoms with Crippen LogP contribution >= 0.6 is 11.6 Å². The number of benzene rings is 1. The van der Waals surface area contributed by atoms with E-state index in [1.165, 1.54) is 4.90 Å². The highest BCUT2D eigenvalue weighted by Crippen LogP contribution is 2.51. The van der Waals surface area contributed by atoms with Gasteiger partial charge in [0.1, 0.15) is 17.9 Å². The minimum Gasteiger partial charge on any atom is -0.326 e. The second-order valence-electron chi connectivity index (χ2n) is 8.63. The minimum atomic E-state index is -1.11. The fourth-order valence-electron chi connectivity index (χ4n) is 5.31. The second-order valence-corrected chi connectivity index (χ2v) is 9.04. The predicted molar refractivity (Wildman–Crippen MR) is 106 cm³/mol. The number of amides is 3. The van der Waals surface area contributed by atoms with E-state index < -0.39 is 17.4 Å². The van der Waals surface area contributed by atoms with Crippen molar-refractivity contribution < 1.29 is 19.7 Å². The van der Waals surface area contributed by atoms with Crippen molar-refractivity contribution in [3.8, 4) is 0 Å². The van der Waals surface area contributed by atoms with Gasteiger partial charge < -0.3 is 10.6 Å². The summed E-state index contributed by atoms with van der Waals surface area (Å²) in [4.78, 5) is 41.3. The summed E-state index contributed by atoms with van der Waals surface area (Å²) >= 11 is 6.33. The molecule has 7 heteroatoms. The highest BCUT2D eigenvalue weighted by molar-refractivity contribution is 6.35. The summed E-state index contributed by atoms with van der Waals surface area (Å²) in [7, 11) is 0. The number of para-hydroxylation sites is 1. The molecule has 4 rings (SSSR count). The molecule has 0 saturated carbocycles. The maximum atomic E-state index is 13.4. The molecule has 150 valence electrons. The van der Waals surface area contributed by atoms with Gasteiger partial charge >= 0.3 is 0 Å². The Labute approximate surface area is 170 Å². The molecule has 0 aromatic heterocycles. The monoisotopic (exact) mass is 404 g/mol. The molecular formula is C21H27ClN3O3+.